The molecule has 2 aromatic carbocycles. The van der Waals surface area contributed by atoms with Crippen LogP contribution in [0.15, 0.2) is 48.5 Å². The Bertz CT molecular complexity index is 398. The zero-order valence-corrected chi connectivity index (χ0v) is 13.3. The van der Waals surface area contributed by atoms with Crippen LogP contribution in [0.3, 0.4) is 0 Å². The van der Waals surface area contributed by atoms with Gasteiger partial charge in [-0.05, 0) is 6.92 Å². The molecule has 0 amide bonds. The second-order valence-electron chi connectivity index (χ2n) is 3.16. The summed E-state index contributed by atoms with van der Waals surface area (Å²) in [4.78, 5) is 0. The third-order valence-corrected chi connectivity index (χ3v) is 2.06. The molecule has 0 radical (unpaired) electrons. The normalized spacial score (nSPS) is 9.07. The maximum atomic E-state index is 3.08. The van der Waals surface area contributed by atoms with Crippen LogP contribution in [0.1, 0.15) is 5.56 Å². The van der Waals surface area contributed by atoms with Gasteiger partial charge in [-0.3, -0.25) is 0 Å². The molecule has 0 fully saturated rings. The molecule has 15 heavy (non-hydrogen) atoms. The average molecular weight is 313 g/mol. The Morgan fingerprint density at radius 1 is 1.07 bits per heavy atom. The Hall–Kier alpha value is -0.457. The Balaban J connectivity index is 0.000000531. The summed E-state index contributed by atoms with van der Waals surface area (Å²) in [5.41, 5.74) is 3.78. The van der Waals surface area contributed by atoms with E-state index >= 15 is 0 Å². The third kappa shape index (κ3) is 3.89. The second kappa shape index (κ2) is 6.92. The standard InChI is InChI=1S/C13H11.BrH.Zn/c1-11-6-5-9-13(10-11)12-7-3-2-4-8-12;;/h2-3,5-10H,1H3;1H;/q-1;;+2/p-1. The van der Waals surface area contributed by atoms with Gasteiger partial charge in [-0.2, -0.15) is 30.3 Å². The summed E-state index contributed by atoms with van der Waals surface area (Å²) in [6.07, 6.45) is 0. The van der Waals surface area contributed by atoms with Crippen LogP contribution in [0.4, 0.5) is 0 Å². The van der Waals surface area contributed by atoms with Crippen LogP contribution in [0, 0.1) is 13.0 Å². The van der Waals surface area contributed by atoms with Gasteiger partial charge in [0.2, 0.25) is 0 Å². The van der Waals surface area contributed by atoms with Crippen LogP contribution < -0.4 is 0 Å². The van der Waals surface area contributed by atoms with Crippen LogP contribution in [0.2, 0.25) is 0 Å². The van der Waals surface area contributed by atoms with E-state index in [2.05, 4.69) is 56.9 Å². The first kappa shape index (κ1) is 12.6. The first-order valence-electron chi connectivity index (χ1n) is 4.66. The van der Waals surface area contributed by atoms with Gasteiger partial charge >= 0.3 is 30.0 Å². The molecule has 0 heterocycles. The summed E-state index contributed by atoms with van der Waals surface area (Å²) < 4.78 is 0. The van der Waals surface area contributed by atoms with Crippen molar-refractivity contribution < 1.29 is 16.3 Å². The van der Waals surface area contributed by atoms with Gasteiger partial charge in [0.15, 0.2) is 0 Å². The molecule has 0 atom stereocenters. The Labute approximate surface area is 108 Å². The van der Waals surface area contributed by atoms with Gasteiger partial charge in [0, 0.05) is 0 Å². The van der Waals surface area contributed by atoms with Gasteiger partial charge in [0.25, 0.3) is 0 Å². The molecule has 0 N–H and O–H groups in total. The van der Waals surface area contributed by atoms with Gasteiger partial charge in [0.05, 0.1) is 0 Å². The van der Waals surface area contributed by atoms with Crippen LogP contribution in [0.5, 0.6) is 0 Å². The van der Waals surface area contributed by atoms with Crippen LogP contribution in [-0.2, 0) is 16.3 Å². The van der Waals surface area contributed by atoms with E-state index in [0.29, 0.717) is 0 Å². The van der Waals surface area contributed by atoms with E-state index in [9.17, 15) is 0 Å². The van der Waals surface area contributed by atoms with Crippen molar-refractivity contribution in [3.63, 3.8) is 0 Å². The summed E-state index contributed by atoms with van der Waals surface area (Å²) >= 11 is 4.25. The molecule has 0 bridgehead atoms. The van der Waals surface area contributed by atoms with E-state index in [1.165, 1.54) is 33.0 Å². The molecule has 0 unspecified atom stereocenters. The Kier molecular flexibility index (Phi) is 5.82. The molecular formula is C13H11BrZn. The monoisotopic (exact) mass is 310 g/mol. The molecule has 2 rings (SSSR count). The molecule has 2 heteroatoms. The summed E-state index contributed by atoms with van der Waals surface area (Å²) in [5.74, 6) is 0. The summed E-state index contributed by atoms with van der Waals surface area (Å²) in [5, 5.41) is 0. The van der Waals surface area contributed by atoms with E-state index < -0.39 is 0 Å². The second-order valence-corrected chi connectivity index (χ2v) is 3.16. The van der Waals surface area contributed by atoms with Crippen molar-refractivity contribution >= 4 is 13.6 Å². The summed E-state index contributed by atoms with van der Waals surface area (Å²) in [6.45, 7) is 2.11. The van der Waals surface area contributed by atoms with Crippen LogP contribution in [-0.4, -0.2) is 0 Å². The fourth-order valence-corrected chi connectivity index (χ4v) is 1.40. The maximum absolute atomic E-state index is 3.08. The van der Waals surface area contributed by atoms with Crippen molar-refractivity contribution in [1.29, 1.82) is 0 Å². The molecule has 0 saturated carbocycles. The van der Waals surface area contributed by atoms with Crippen molar-refractivity contribution in [2.45, 2.75) is 6.92 Å². The van der Waals surface area contributed by atoms with Crippen LogP contribution in [0.25, 0.3) is 11.1 Å². The fraction of sp³-hybridized carbons (Fsp3) is 0.0769. The molecular weight excluding hydrogens is 301 g/mol. The van der Waals surface area contributed by atoms with Crippen molar-refractivity contribution in [3.8, 4) is 11.1 Å². The van der Waals surface area contributed by atoms with Crippen molar-refractivity contribution in [1.82, 2.24) is 0 Å². The molecule has 0 saturated heterocycles. The van der Waals surface area contributed by atoms with Crippen molar-refractivity contribution in [2.24, 2.45) is 0 Å². The SMILES string of the molecule is Cc1cccc(-c2c[c-]ccc2)c1.[Zn+][Br]. The molecule has 2 aromatic rings. The van der Waals surface area contributed by atoms with E-state index in [1.54, 1.807) is 0 Å². The topological polar surface area (TPSA) is 0 Å². The molecule has 0 aliphatic heterocycles. The quantitative estimate of drug-likeness (QED) is 0.544. The van der Waals surface area contributed by atoms with Gasteiger partial charge in [-0.15, -0.1) is 5.56 Å². The number of hydrogen-bond acceptors (Lipinski definition) is 0. The van der Waals surface area contributed by atoms with E-state index in [0.717, 1.165) is 0 Å². The van der Waals surface area contributed by atoms with Gasteiger partial charge in [0.1, 0.15) is 0 Å². The number of benzene rings is 2. The molecule has 72 valence electrons. The van der Waals surface area contributed by atoms with Gasteiger partial charge in [-0.1, -0.05) is 35.4 Å². The Morgan fingerprint density at radius 3 is 2.40 bits per heavy atom. The average Bonchev–Trinajstić information content (AvgIpc) is 2.33. The Morgan fingerprint density at radius 2 is 1.80 bits per heavy atom. The number of halogens is 1. The zero-order chi connectivity index (χ0) is 11.1. The first-order valence-corrected chi connectivity index (χ1v) is 11.6. The minimum absolute atomic E-state index is 1.19. The zero-order valence-electron chi connectivity index (χ0n) is 8.70. The predicted molar refractivity (Wildman–Crippen MR) is 64.4 cm³/mol. The summed E-state index contributed by atoms with van der Waals surface area (Å²) in [7, 11) is 0. The van der Waals surface area contributed by atoms with Crippen molar-refractivity contribution in [2.75, 3.05) is 0 Å². The van der Waals surface area contributed by atoms with Crippen molar-refractivity contribution in [3.05, 3.63) is 60.2 Å². The summed E-state index contributed by atoms with van der Waals surface area (Å²) in [6, 6.07) is 19.6. The van der Waals surface area contributed by atoms with E-state index in [1.807, 2.05) is 18.2 Å². The fourth-order valence-electron chi connectivity index (χ4n) is 1.40. The molecule has 0 spiro atoms. The van der Waals surface area contributed by atoms with Gasteiger partial charge < -0.3 is 0 Å². The van der Waals surface area contributed by atoms with Crippen LogP contribution >= 0.6 is 13.6 Å². The minimum atomic E-state index is 1.19. The molecule has 0 aliphatic carbocycles. The van der Waals surface area contributed by atoms with E-state index in [4.69, 9.17) is 0 Å². The molecule has 0 aliphatic rings. The molecule has 0 nitrogen and oxygen atoms in total. The molecule has 0 aromatic heterocycles. The predicted octanol–water partition coefficient (Wildman–Crippen LogP) is 4.31. The number of hydrogen-bond donors (Lipinski definition) is 0. The number of rotatable bonds is 1. The van der Waals surface area contributed by atoms with Gasteiger partial charge in [-0.25, -0.2) is 0 Å². The number of aryl methyl sites for hydroxylation is 1. The van der Waals surface area contributed by atoms with E-state index in [-0.39, 0.29) is 0 Å². The first-order chi connectivity index (χ1) is 7.36. The third-order valence-electron chi connectivity index (χ3n) is 2.06.